The van der Waals surface area contributed by atoms with Gasteiger partial charge >= 0.3 is 0 Å². The maximum Gasteiger partial charge on any atom is 0.240 e. The van der Waals surface area contributed by atoms with E-state index in [4.69, 9.17) is 4.74 Å². The molecule has 2 fully saturated rings. The molecule has 0 atom stereocenters. The third-order valence-corrected chi connectivity index (χ3v) is 6.31. The van der Waals surface area contributed by atoms with Gasteiger partial charge in [-0.3, -0.25) is 4.79 Å². The van der Waals surface area contributed by atoms with Gasteiger partial charge in [-0.1, -0.05) is 49.6 Å². The molecule has 0 spiro atoms. The Morgan fingerprint density at radius 2 is 1.84 bits per heavy atom. The van der Waals surface area contributed by atoms with Gasteiger partial charge in [0.2, 0.25) is 5.91 Å². The molecule has 1 saturated heterocycles. The largest absolute Gasteiger partial charge is 0.378 e. The molecule has 2 aliphatic rings. The number of rotatable bonds is 5. The van der Waals surface area contributed by atoms with E-state index in [1.54, 1.807) is 6.33 Å². The molecule has 3 heterocycles. The van der Waals surface area contributed by atoms with E-state index in [9.17, 15) is 4.79 Å². The smallest absolute Gasteiger partial charge is 0.240 e. The van der Waals surface area contributed by atoms with Crippen LogP contribution in [-0.4, -0.2) is 52.8 Å². The zero-order valence-electron chi connectivity index (χ0n) is 17.8. The molecule has 0 bridgehead atoms. The first-order chi connectivity index (χ1) is 15.3. The Bertz CT molecular complexity index is 1040. The number of amides is 1. The fraction of sp³-hybridized carbons (Fsp3) is 0.458. The first-order valence-corrected chi connectivity index (χ1v) is 11.3. The zero-order valence-corrected chi connectivity index (χ0v) is 17.8. The Morgan fingerprint density at radius 3 is 2.61 bits per heavy atom. The van der Waals surface area contributed by atoms with Gasteiger partial charge < -0.3 is 19.5 Å². The normalized spacial score (nSPS) is 17.7. The second-order valence-electron chi connectivity index (χ2n) is 8.43. The molecule has 0 radical (unpaired) electrons. The molecule has 1 aliphatic heterocycles. The lowest BCUT2D eigenvalue weighted by atomic mass is 9.95. The first-order valence-electron chi connectivity index (χ1n) is 11.3. The van der Waals surface area contributed by atoms with Gasteiger partial charge in [-0.25, -0.2) is 9.97 Å². The van der Waals surface area contributed by atoms with Crippen LogP contribution in [0.25, 0.3) is 22.2 Å². The van der Waals surface area contributed by atoms with Crippen LogP contribution in [-0.2, 0) is 16.1 Å². The fourth-order valence-electron chi connectivity index (χ4n) is 4.75. The van der Waals surface area contributed by atoms with Crippen LogP contribution >= 0.6 is 0 Å². The van der Waals surface area contributed by atoms with Gasteiger partial charge in [0, 0.05) is 30.9 Å². The summed E-state index contributed by atoms with van der Waals surface area (Å²) in [5.74, 6) is 0.932. The van der Waals surface area contributed by atoms with Gasteiger partial charge in [0.25, 0.3) is 0 Å². The van der Waals surface area contributed by atoms with Crippen LogP contribution in [0.3, 0.4) is 0 Å². The maximum absolute atomic E-state index is 13.0. The molecule has 1 amide bonds. The van der Waals surface area contributed by atoms with Crippen molar-refractivity contribution in [1.82, 2.24) is 19.9 Å². The highest BCUT2D eigenvalue weighted by Crippen LogP contribution is 2.33. The highest BCUT2D eigenvalue weighted by molar-refractivity contribution is 5.99. The average Bonchev–Trinajstić information content (AvgIpc) is 3.19. The number of hydrogen-bond acceptors (Lipinski definition) is 5. The van der Waals surface area contributed by atoms with Crippen LogP contribution in [0.15, 0.2) is 42.9 Å². The van der Waals surface area contributed by atoms with Gasteiger partial charge in [-0.05, 0) is 18.4 Å². The number of ether oxygens (including phenoxy) is 1. The molecule has 7 heteroatoms. The predicted molar refractivity (Wildman–Crippen MR) is 121 cm³/mol. The minimum absolute atomic E-state index is 0.0557. The monoisotopic (exact) mass is 419 g/mol. The summed E-state index contributed by atoms with van der Waals surface area (Å²) >= 11 is 0. The van der Waals surface area contributed by atoms with Crippen LogP contribution in [0.4, 0.5) is 5.82 Å². The number of nitrogens with one attached hydrogen (secondary N) is 1. The summed E-state index contributed by atoms with van der Waals surface area (Å²) in [4.78, 5) is 24.4. The molecule has 2 aromatic heterocycles. The summed E-state index contributed by atoms with van der Waals surface area (Å²) in [5, 5.41) is 3.25. The summed E-state index contributed by atoms with van der Waals surface area (Å²) in [6, 6.07) is 10.5. The molecule has 3 aromatic rings. The zero-order chi connectivity index (χ0) is 21.0. The van der Waals surface area contributed by atoms with E-state index in [1.807, 2.05) is 22.8 Å². The van der Waals surface area contributed by atoms with Crippen molar-refractivity contribution in [3.05, 3.63) is 42.9 Å². The average molecular weight is 420 g/mol. The second-order valence-corrected chi connectivity index (χ2v) is 8.43. The van der Waals surface area contributed by atoms with Crippen molar-refractivity contribution >= 4 is 22.8 Å². The van der Waals surface area contributed by atoms with Crippen molar-refractivity contribution in [2.45, 2.75) is 44.7 Å². The maximum atomic E-state index is 13.0. The van der Waals surface area contributed by atoms with Crippen molar-refractivity contribution < 1.29 is 9.53 Å². The van der Waals surface area contributed by atoms with E-state index in [0.29, 0.717) is 19.3 Å². The molecule has 1 saturated carbocycles. The topological polar surface area (TPSA) is 72.3 Å². The number of benzene rings is 1. The molecule has 5 rings (SSSR count). The summed E-state index contributed by atoms with van der Waals surface area (Å²) in [6.45, 7) is 3.20. The Hall–Kier alpha value is -2.93. The van der Waals surface area contributed by atoms with Crippen molar-refractivity contribution in [3.8, 4) is 11.1 Å². The van der Waals surface area contributed by atoms with E-state index in [1.165, 1.54) is 19.3 Å². The molecule has 1 aromatic carbocycles. The number of aromatic nitrogens is 3. The third-order valence-electron chi connectivity index (χ3n) is 6.31. The fourth-order valence-corrected chi connectivity index (χ4v) is 4.75. The Kier molecular flexibility index (Phi) is 5.84. The predicted octanol–water partition coefficient (Wildman–Crippen LogP) is 3.38. The molecular formula is C24H29N5O2. The second kappa shape index (κ2) is 9.06. The first kappa shape index (κ1) is 20.0. The third kappa shape index (κ3) is 4.28. The summed E-state index contributed by atoms with van der Waals surface area (Å²) in [5.41, 5.74) is 3.92. The van der Waals surface area contributed by atoms with Crippen molar-refractivity contribution in [1.29, 1.82) is 0 Å². The lowest BCUT2D eigenvalue weighted by Crippen LogP contribution is -2.38. The van der Waals surface area contributed by atoms with Crippen molar-refractivity contribution in [3.63, 3.8) is 0 Å². The van der Waals surface area contributed by atoms with Crippen LogP contribution in [0, 0.1) is 0 Å². The molecule has 1 aliphatic carbocycles. The van der Waals surface area contributed by atoms with E-state index in [2.05, 4.69) is 38.5 Å². The number of carbonyl (C=O) groups excluding carboxylic acids is 1. The standard InChI is InChI=1S/C24H29N5O2/c30-21(27-19-9-5-2-6-10-19)16-29-15-20(18-7-3-1-4-8-18)22-23(29)24(26-17-25-22)28-11-13-31-14-12-28/h1,3-4,7-8,15,17,19H,2,5-6,9-14,16H2,(H,27,30). The molecule has 1 N–H and O–H groups in total. The SMILES string of the molecule is O=C(Cn1cc(-c2ccccc2)c2ncnc(N3CCOCC3)c21)NC1CCCCC1. The number of nitrogens with zero attached hydrogens (tertiary/aromatic N) is 4. The molecule has 7 nitrogen and oxygen atoms in total. The van der Waals surface area contributed by atoms with Crippen LogP contribution in [0.5, 0.6) is 0 Å². The van der Waals surface area contributed by atoms with Crippen molar-refractivity contribution in [2.75, 3.05) is 31.2 Å². The molecule has 0 unspecified atom stereocenters. The van der Waals surface area contributed by atoms with Crippen molar-refractivity contribution in [2.24, 2.45) is 0 Å². The minimum atomic E-state index is 0.0557. The molecular weight excluding hydrogens is 390 g/mol. The van der Waals surface area contributed by atoms with Crippen LogP contribution in [0.1, 0.15) is 32.1 Å². The van der Waals surface area contributed by atoms with Gasteiger partial charge in [-0.2, -0.15) is 0 Å². The van der Waals surface area contributed by atoms with E-state index in [0.717, 1.165) is 53.9 Å². The summed E-state index contributed by atoms with van der Waals surface area (Å²) < 4.78 is 7.56. The van der Waals surface area contributed by atoms with E-state index in [-0.39, 0.29) is 12.5 Å². The Labute approximate surface area is 182 Å². The van der Waals surface area contributed by atoms with Gasteiger partial charge in [0.15, 0.2) is 5.82 Å². The van der Waals surface area contributed by atoms with Crippen LogP contribution < -0.4 is 10.2 Å². The Morgan fingerprint density at radius 1 is 1.06 bits per heavy atom. The van der Waals surface area contributed by atoms with Gasteiger partial charge in [-0.15, -0.1) is 0 Å². The summed E-state index contributed by atoms with van der Waals surface area (Å²) in [7, 11) is 0. The number of anilines is 1. The lowest BCUT2D eigenvalue weighted by molar-refractivity contribution is -0.122. The number of fused-ring (bicyclic) bond motifs is 1. The van der Waals surface area contributed by atoms with Gasteiger partial charge in [0.05, 0.1) is 13.2 Å². The number of carbonyl (C=O) groups is 1. The highest BCUT2D eigenvalue weighted by Gasteiger charge is 2.23. The van der Waals surface area contributed by atoms with Gasteiger partial charge in [0.1, 0.15) is 23.9 Å². The van der Waals surface area contributed by atoms with E-state index < -0.39 is 0 Å². The Balaban J connectivity index is 1.52. The lowest BCUT2D eigenvalue weighted by Gasteiger charge is -2.28. The minimum Gasteiger partial charge on any atom is -0.378 e. The quantitative estimate of drug-likeness (QED) is 0.686. The number of morpholine rings is 1. The molecule has 31 heavy (non-hydrogen) atoms. The highest BCUT2D eigenvalue weighted by atomic mass is 16.5. The van der Waals surface area contributed by atoms with E-state index >= 15 is 0 Å². The van der Waals surface area contributed by atoms with Crippen LogP contribution in [0.2, 0.25) is 0 Å². The molecule has 162 valence electrons. The number of hydrogen-bond donors (Lipinski definition) is 1. The summed E-state index contributed by atoms with van der Waals surface area (Å²) in [6.07, 6.45) is 9.51.